The van der Waals surface area contributed by atoms with Gasteiger partial charge in [0, 0.05) is 42.9 Å². The van der Waals surface area contributed by atoms with E-state index in [0.29, 0.717) is 31.2 Å². The molecule has 1 amide bonds. The van der Waals surface area contributed by atoms with Gasteiger partial charge in [-0.1, -0.05) is 35.9 Å². The number of hydrogen-bond donors (Lipinski definition) is 0. The molecule has 8 heteroatoms. The molecule has 2 aromatic carbocycles. The van der Waals surface area contributed by atoms with E-state index in [9.17, 15) is 13.2 Å². The largest absolute Gasteiger partial charge is 0.309 e. The fraction of sp³-hybridized carbons (Fsp3) is 0.381. The highest BCUT2D eigenvalue weighted by molar-refractivity contribution is 7.89. The summed E-state index contributed by atoms with van der Waals surface area (Å²) in [5, 5.41) is 0.394. The van der Waals surface area contributed by atoms with Crippen LogP contribution in [0, 0.1) is 0 Å². The van der Waals surface area contributed by atoms with Gasteiger partial charge in [0.2, 0.25) is 15.9 Å². The maximum absolute atomic E-state index is 12.9. The van der Waals surface area contributed by atoms with Crippen molar-refractivity contribution in [3.63, 3.8) is 0 Å². The third-order valence-corrected chi connectivity index (χ3v) is 7.07. The second-order valence-corrected chi connectivity index (χ2v) is 9.71. The zero-order valence-corrected chi connectivity index (χ0v) is 18.2. The molecule has 2 aromatic rings. The molecule has 0 spiro atoms. The zero-order valence-electron chi connectivity index (χ0n) is 16.7. The molecule has 0 unspecified atom stereocenters. The summed E-state index contributed by atoms with van der Waals surface area (Å²) in [5.74, 6) is 0.0114. The summed E-state index contributed by atoms with van der Waals surface area (Å²) < 4.78 is 27.1. The van der Waals surface area contributed by atoms with Crippen LogP contribution in [-0.2, 0) is 14.8 Å². The van der Waals surface area contributed by atoms with Crippen LogP contribution in [-0.4, -0.2) is 62.3 Å². The summed E-state index contributed by atoms with van der Waals surface area (Å²) in [6.45, 7) is 5.93. The number of anilines is 1. The quantitative estimate of drug-likeness (QED) is 0.699. The van der Waals surface area contributed by atoms with E-state index in [4.69, 9.17) is 11.6 Å². The summed E-state index contributed by atoms with van der Waals surface area (Å²) in [5.41, 5.74) is 0.870. The Hall–Kier alpha value is -1.93. The van der Waals surface area contributed by atoms with Crippen molar-refractivity contribution in [2.45, 2.75) is 24.8 Å². The minimum Gasteiger partial charge on any atom is -0.309 e. The molecule has 3 rings (SSSR count). The molecule has 1 heterocycles. The Bertz CT molecular complexity index is 943. The van der Waals surface area contributed by atoms with Gasteiger partial charge in [-0.2, -0.15) is 4.31 Å². The Balaban J connectivity index is 1.63. The molecule has 0 saturated carbocycles. The van der Waals surface area contributed by atoms with E-state index in [1.165, 1.54) is 10.4 Å². The highest BCUT2D eigenvalue weighted by atomic mass is 35.5. The highest BCUT2D eigenvalue weighted by Crippen LogP contribution is 2.21. The van der Waals surface area contributed by atoms with Crippen molar-refractivity contribution in [1.29, 1.82) is 0 Å². The summed E-state index contributed by atoms with van der Waals surface area (Å²) in [6.07, 6.45) is 0. The maximum atomic E-state index is 12.9. The normalized spacial score (nSPS) is 16.1. The molecule has 29 heavy (non-hydrogen) atoms. The second-order valence-electron chi connectivity index (χ2n) is 7.33. The number of hydrogen-bond acceptors (Lipinski definition) is 4. The monoisotopic (exact) mass is 435 g/mol. The van der Waals surface area contributed by atoms with Crippen LogP contribution >= 0.6 is 11.6 Å². The highest BCUT2D eigenvalue weighted by Gasteiger charge is 2.30. The van der Waals surface area contributed by atoms with Crippen LogP contribution < -0.4 is 4.90 Å². The van der Waals surface area contributed by atoms with Gasteiger partial charge >= 0.3 is 0 Å². The van der Waals surface area contributed by atoms with Crippen molar-refractivity contribution in [1.82, 2.24) is 9.21 Å². The number of piperazine rings is 1. The number of carbonyl (C=O) groups excluding carboxylic acids is 1. The van der Waals surface area contributed by atoms with Crippen LogP contribution in [0.15, 0.2) is 59.5 Å². The molecule has 0 aliphatic carbocycles. The van der Waals surface area contributed by atoms with Crippen molar-refractivity contribution in [3.05, 3.63) is 59.6 Å². The third-order valence-electron chi connectivity index (χ3n) is 4.94. The number of carbonyl (C=O) groups is 1. The number of nitrogens with zero attached hydrogens (tertiary/aromatic N) is 3. The summed E-state index contributed by atoms with van der Waals surface area (Å²) in [6, 6.07) is 15.9. The first-order chi connectivity index (χ1) is 13.8. The van der Waals surface area contributed by atoms with Crippen LogP contribution in [0.2, 0.25) is 5.02 Å². The van der Waals surface area contributed by atoms with Crippen LogP contribution in [0.25, 0.3) is 0 Å². The Kier molecular flexibility index (Phi) is 6.95. The lowest BCUT2D eigenvalue weighted by atomic mass is 10.2. The van der Waals surface area contributed by atoms with Gasteiger partial charge in [0.1, 0.15) is 0 Å². The van der Waals surface area contributed by atoms with Gasteiger partial charge in [0.05, 0.1) is 11.4 Å². The smallest absolute Gasteiger partial charge is 0.243 e. The molecule has 0 bridgehead atoms. The number of rotatable bonds is 6. The number of para-hydroxylation sites is 1. The molecule has 0 N–H and O–H groups in total. The summed E-state index contributed by atoms with van der Waals surface area (Å²) in [4.78, 5) is 16.9. The van der Waals surface area contributed by atoms with Crippen LogP contribution in [0.4, 0.5) is 5.69 Å². The third kappa shape index (κ3) is 5.17. The van der Waals surface area contributed by atoms with Gasteiger partial charge in [-0.25, -0.2) is 8.42 Å². The van der Waals surface area contributed by atoms with E-state index in [0.717, 1.165) is 5.69 Å². The number of halogens is 1. The lowest BCUT2D eigenvalue weighted by molar-refractivity contribution is -0.120. The van der Waals surface area contributed by atoms with E-state index in [1.54, 1.807) is 23.1 Å². The molecule has 6 nitrogen and oxygen atoms in total. The Morgan fingerprint density at radius 1 is 1.03 bits per heavy atom. The minimum absolute atomic E-state index is 0.0114. The first-order valence-corrected chi connectivity index (χ1v) is 11.5. The van der Waals surface area contributed by atoms with Gasteiger partial charge in [0.25, 0.3) is 0 Å². The molecule has 0 aromatic heterocycles. The fourth-order valence-electron chi connectivity index (χ4n) is 3.49. The molecule has 1 aliphatic rings. The maximum Gasteiger partial charge on any atom is 0.243 e. The van der Waals surface area contributed by atoms with E-state index in [-0.39, 0.29) is 23.4 Å². The lowest BCUT2D eigenvalue weighted by Crippen LogP contribution is -2.52. The molecular weight excluding hydrogens is 410 g/mol. The van der Waals surface area contributed by atoms with Gasteiger partial charge in [-0.05, 0) is 44.2 Å². The van der Waals surface area contributed by atoms with Crippen molar-refractivity contribution < 1.29 is 13.2 Å². The standard InChI is InChI=1S/C21H26ClN3O3S/c1-17(2)25(19-8-4-3-5-9-19)21(26)16-23-11-13-24(14-12-23)29(27,28)20-10-6-7-18(22)15-20/h3-10,15,17H,11-14,16H2,1-2H3. The Labute approximate surface area is 177 Å². The van der Waals surface area contributed by atoms with Crippen molar-refractivity contribution >= 4 is 33.2 Å². The predicted octanol–water partition coefficient (Wildman–Crippen LogP) is 3.09. The fourth-order valence-corrected chi connectivity index (χ4v) is 5.21. The van der Waals surface area contributed by atoms with E-state index < -0.39 is 10.0 Å². The number of sulfonamides is 1. The molecule has 0 radical (unpaired) electrons. The topological polar surface area (TPSA) is 60.9 Å². The van der Waals surface area contributed by atoms with Gasteiger partial charge in [-0.3, -0.25) is 9.69 Å². The first-order valence-electron chi connectivity index (χ1n) is 9.64. The molecule has 0 atom stereocenters. The lowest BCUT2D eigenvalue weighted by Gasteiger charge is -2.35. The minimum atomic E-state index is -3.58. The Morgan fingerprint density at radius 3 is 2.28 bits per heavy atom. The van der Waals surface area contributed by atoms with E-state index in [1.807, 2.05) is 49.1 Å². The molecule has 1 saturated heterocycles. The Morgan fingerprint density at radius 2 is 1.69 bits per heavy atom. The van der Waals surface area contributed by atoms with E-state index >= 15 is 0 Å². The summed E-state index contributed by atoms with van der Waals surface area (Å²) >= 11 is 5.94. The average molecular weight is 436 g/mol. The first kappa shape index (κ1) is 21.8. The average Bonchev–Trinajstić information content (AvgIpc) is 2.69. The van der Waals surface area contributed by atoms with Crippen molar-refractivity contribution in [2.75, 3.05) is 37.6 Å². The summed E-state index contributed by atoms with van der Waals surface area (Å²) in [7, 11) is -3.58. The second kappa shape index (κ2) is 9.26. The van der Waals surface area contributed by atoms with Gasteiger partial charge in [-0.15, -0.1) is 0 Å². The van der Waals surface area contributed by atoms with Crippen LogP contribution in [0.1, 0.15) is 13.8 Å². The van der Waals surface area contributed by atoms with Crippen LogP contribution in [0.5, 0.6) is 0 Å². The molecular formula is C21H26ClN3O3S. The number of benzene rings is 2. The molecule has 156 valence electrons. The number of amides is 1. The SMILES string of the molecule is CC(C)N(C(=O)CN1CCN(S(=O)(=O)c2cccc(Cl)c2)CC1)c1ccccc1. The van der Waals surface area contributed by atoms with Crippen molar-refractivity contribution in [2.24, 2.45) is 0 Å². The molecule has 1 fully saturated rings. The molecule has 1 aliphatic heterocycles. The zero-order chi connectivity index (χ0) is 21.0. The van der Waals surface area contributed by atoms with Gasteiger partial charge < -0.3 is 4.90 Å². The van der Waals surface area contributed by atoms with E-state index in [2.05, 4.69) is 0 Å². The van der Waals surface area contributed by atoms with Crippen LogP contribution in [0.3, 0.4) is 0 Å². The predicted molar refractivity (Wildman–Crippen MR) is 116 cm³/mol. The van der Waals surface area contributed by atoms with Gasteiger partial charge in [0.15, 0.2) is 0 Å². The van der Waals surface area contributed by atoms with Crippen molar-refractivity contribution in [3.8, 4) is 0 Å².